The molecular formula is C21H22N2O5S2. The van der Waals surface area contributed by atoms with Crippen molar-refractivity contribution in [1.82, 2.24) is 9.71 Å². The molecule has 2 aromatic carbocycles. The van der Waals surface area contributed by atoms with Gasteiger partial charge in [0.25, 0.3) is 0 Å². The maximum absolute atomic E-state index is 12.1. The number of methoxy groups -OCH3 is 1. The Labute approximate surface area is 179 Å². The van der Waals surface area contributed by atoms with Gasteiger partial charge in [-0.05, 0) is 43.3 Å². The van der Waals surface area contributed by atoms with Gasteiger partial charge in [0.05, 0.1) is 23.3 Å². The minimum atomic E-state index is -3.46. The summed E-state index contributed by atoms with van der Waals surface area (Å²) in [6.45, 7) is 0.101. The zero-order valence-electron chi connectivity index (χ0n) is 16.6. The molecular weight excluding hydrogens is 424 g/mol. The van der Waals surface area contributed by atoms with Crippen molar-refractivity contribution in [3.8, 4) is 16.3 Å². The van der Waals surface area contributed by atoms with Gasteiger partial charge in [0.2, 0.25) is 10.0 Å². The number of esters is 1. The van der Waals surface area contributed by atoms with E-state index in [1.165, 1.54) is 30.5 Å². The molecule has 0 unspecified atom stereocenters. The molecule has 0 radical (unpaired) electrons. The van der Waals surface area contributed by atoms with E-state index < -0.39 is 10.0 Å². The number of hydrogen-bond donors (Lipinski definition) is 1. The molecule has 0 spiro atoms. The van der Waals surface area contributed by atoms with Crippen LogP contribution in [0.3, 0.4) is 0 Å². The van der Waals surface area contributed by atoms with Gasteiger partial charge in [-0.2, -0.15) is 0 Å². The highest BCUT2D eigenvalue weighted by molar-refractivity contribution is 7.89. The van der Waals surface area contributed by atoms with Crippen LogP contribution in [-0.2, 0) is 32.6 Å². The predicted octanol–water partition coefficient (Wildman–Crippen LogP) is 3.40. The average molecular weight is 447 g/mol. The second-order valence-electron chi connectivity index (χ2n) is 6.36. The van der Waals surface area contributed by atoms with Gasteiger partial charge in [-0.15, -0.1) is 11.3 Å². The summed E-state index contributed by atoms with van der Waals surface area (Å²) >= 11 is 1.46. The van der Waals surface area contributed by atoms with Gasteiger partial charge in [-0.3, -0.25) is 4.79 Å². The highest BCUT2D eigenvalue weighted by Gasteiger charge is 2.13. The van der Waals surface area contributed by atoms with Crippen LogP contribution in [0.5, 0.6) is 5.75 Å². The highest BCUT2D eigenvalue weighted by Crippen LogP contribution is 2.32. The summed E-state index contributed by atoms with van der Waals surface area (Å²) in [4.78, 5) is 16.8. The van der Waals surface area contributed by atoms with E-state index in [1.807, 2.05) is 29.6 Å². The third kappa shape index (κ3) is 5.44. The second kappa shape index (κ2) is 9.84. The van der Waals surface area contributed by atoms with Crippen LogP contribution in [0.4, 0.5) is 0 Å². The number of hydrogen-bond acceptors (Lipinski definition) is 7. The summed E-state index contributed by atoms with van der Waals surface area (Å²) in [5.41, 5.74) is 2.43. The van der Waals surface area contributed by atoms with Crippen LogP contribution in [-0.4, -0.2) is 33.5 Å². The van der Waals surface area contributed by atoms with E-state index in [2.05, 4.69) is 9.71 Å². The van der Waals surface area contributed by atoms with Gasteiger partial charge >= 0.3 is 5.97 Å². The number of nitrogens with one attached hydrogen (secondary N) is 1. The number of rotatable bonds is 9. The molecule has 0 saturated carbocycles. The Balaban J connectivity index is 1.51. The van der Waals surface area contributed by atoms with Gasteiger partial charge in [-0.25, -0.2) is 18.1 Å². The van der Waals surface area contributed by atoms with Crippen LogP contribution in [0.25, 0.3) is 10.6 Å². The number of thiazole rings is 1. The van der Waals surface area contributed by atoms with Crippen molar-refractivity contribution >= 4 is 27.3 Å². The molecule has 1 N–H and O–H groups in total. The fraction of sp³-hybridized carbons (Fsp3) is 0.238. The van der Waals surface area contributed by atoms with Crippen LogP contribution >= 0.6 is 11.3 Å². The fourth-order valence-electron chi connectivity index (χ4n) is 2.74. The number of ether oxygens (including phenoxy) is 2. The number of aryl methyl sites for hydroxylation is 1. The van der Waals surface area contributed by atoms with Crippen molar-refractivity contribution in [3.05, 3.63) is 65.2 Å². The normalized spacial score (nSPS) is 11.3. The number of para-hydroxylation sites is 1. The van der Waals surface area contributed by atoms with Gasteiger partial charge in [0.15, 0.2) is 0 Å². The molecule has 0 saturated heterocycles. The van der Waals surface area contributed by atoms with Crippen LogP contribution in [0, 0.1) is 0 Å². The van der Waals surface area contributed by atoms with Gasteiger partial charge < -0.3 is 9.47 Å². The summed E-state index contributed by atoms with van der Waals surface area (Å²) in [6.07, 6.45) is 0.657. The van der Waals surface area contributed by atoms with E-state index in [9.17, 15) is 13.2 Å². The third-order valence-electron chi connectivity index (χ3n) is 4.39. The largest absolute Gasteiger partial charge is 0.496 e. The number of benzene rings is 2. The van der Waals surface area contributed by atoms with E-state index in [-0.39, 0.29) is 23.9 Å². The Hall–Kier alpha value is -2.75. The Morgan fingerprint density at radius 2 is 1.87 bits per heavy atom. The van der Waals surface area contributed by atoms with Crippen molar-refractivity contribution in [3.63, 3.8) is 0 Å². The van der Waals surface area contributed by atoms with E-state index in [1.54, 1.807) is 19.2 Å². The van der Waals surface area contributed by atoms with Crippen LogP contribution in [0.1, 0.15) is 17.7 Å². The van der Waals surface area contributed by atoms with Crippen molar-refractivity contribution in [2.45, 2.75) is 24.3 Å². The Bertz CT molecular complexity index is 1110. The minimum absolute atomic E-state index is 0.101. The molecule has 0 aliphatic rings. The Morgan fingerprint density at radius 3 is 2.57 bits per heavy atom. The predicted molar refractivity (Wildman–Crippen MR) is 115 cm³/mol. The van der Waals surface area contributed by atoms with Crippen LogP contribution in [0.15, 0.2) is 58.8 Å². The molecule has 0 fully saturated rings. The van der Waals surface area contributed by atoms with E-state index in [0.29, 0.717) is 12.1 Å². The lowest BCUT2D eigenvalue weighted by Crippen LogP contribution is -2.18. The van der Waals surface area contributed by atoms with E-state index >= 15 is 0 Å². The van der Waals surface area contributed by atoms with E-state index in [4.69, 9.17) is 9.47 Å². The zero-order valence-corrected chi connectivity index (χ0v) is 18.3. The second-order valence-corrected chi connectivity index (χ2v) is 9.10. The fourth-order valence-corrected chi connectivity index (χ4v) is 4.31. The summed E-state index contributed by atoms with van der Waals surface area (Å²) in [5.74, 6) is 0.401. The molecule has 0 aliphatic carbocycles. The van der Waals surface area contributed by atoms with Crippen LogP contribution in [0.2, 0.25) is 0 Å². The first-order chi connectivity index (χ1) is 14.4. The summed E-state index contributed by atoms with van der Waals surface area (Å²) < 4.78 is 36.4. The summed E-state index contributed by atoms with van der Waals surface area (Å²) in [5, 5.41) is 2.66. The SMILES string of the molecule is CNS(=O)(=O)c1ccc(CCC(=O)OCc2csc(-c3ccccc3OC)n2)cc1. The van der Waals surface area contributed by atoms with Gasteiger partial charge in [0.1, 0.15) is 17.4 Å². The minimum Gasteiger partial charge on any atom is -0.496 e. The molecule has 3 rings (SSSR count). The highest BCUT2D eigenvalue weighted by atomic mass is 32.2. The molecule has 9 heteroatoms. The first-order valence-electron chi connectivity index (χ1n) is 9.19. The maximum Gasteiger partial charge on any atom is 0.306 e. The maximum atomic E-state index is 12.1. The molecule has 158 valence electrons. The van der Waals surface area contributed by atoms with Crippen molar-refractivity contribution in [1.29, 1.82) is 0 Å². The zero-order chi connectivity index (χ0) is 21.6. The lowest BCUT2D eigenvalue weighted by atomic mass is 10.1. The van der Waals surface area contributed by atoms with Crippen molar-refractivity contribution in [2.75, 3.05) is 14.2 Å². The monoisotopic (exact) mass is 446 g/mol. The summed E-state index contributed by atoms with van der Waals surface area (Å²) in [6, 6.07) is 14.0. The topological polar surface area (TPSA) is 94.6 Å². The lowest BCUT2D eigenvalue weighted by molar-refractivity contribution is -0.145. The first kappa shape index (κ1) is 21.9. The molecule has 7 nitrogen and oxygen atoms in total. The summed E-state index contributed by atoms with van der Waals surface area (Å²) in [7, 11) is -0.488. The molecule has 1 aromatic heterocycles. The first-order valence-corrected chi connectivity index (χ1v) is 11.5. The Morgan fingerprint density at radius 1 is 1.13 bits per heavy atom. The smallest absolute Gasteiger partial charge is 0.306 e. The molecule has 1 heterocycles. The van der Waals surface area contributed by atoms with Crippen molar-refractivity contribution in [2.24, 2.45) is 0 Å². The van der Waals surface area contributed by atoms with Gasteiger partial charge in [0, 0.05) is 11.8 Å². The number of aromatic nitrogens is 1. The number of carbonyl (C=O) groups excluding carboxylic acids is 1. The average Bonchev–Trinajstić information content (AvgIpc) is 3.25. The lowest BCUT2D eigenvalue weighted by Gasteiger charge is -2.06. The van der Waals surface area contributed by atoms with Crippen LogP contribution < -0.4 is 9.46 Å². The number of carbonyl (C=O) groups is 1. The third-order valence-corrected chi connectivity index (χ3v) is 6.74. The quantitative estimate of drug-likeness (QED) is 0.506. The van der Waals surface area contributed by atoms with Crippen molar-refractivity contribution < 1.29 is 22.7 Å². The standard InChI is InChI=1S/C21H22N2O5S2/c1-22-30(25,26)17-10-7-15(8-11-17)9-12-20(24)28-13-16-14-29-21(23-16)18-5-3-4-6-19(18)27-2/h3-8,10-11,14,22H,9,12-13H2,1-2H3. The molecule has 3 aromatic rings. The molecule has 0 amide bonds. The molecule has 0 aliphatic heterocycles. The van der Waals surface area contributed by atoms with Gasteiger partial charge in [-0.1, -0.05) is 24.3 Å². The molecule has 0 atom stereocenters. The van der Waals surface area contributed by atoms with E-state index in [0.717, 1.165) is 21.9 Å². The molecule has 30 heavy (non-hydrogen) atoms. The number of sulfonamides is 1. The molecule has 0 bridgehead atoms. The Kier molecular flexibility index (Phi) is 7.20. The number of nitrogens with zero attached hydrogens (tertiary/aromatic N) is 1.